The normalized spacial score (nSPS) is 10.2. The fourth-order valence-electron chi connectivity index (χ4n) is 1.50. The highest BCUT2D eigenvalue weighted by atomic mass is 35.5. The van der Waals surface area contributed by atoms with Crippen LogP contribution in [0.4, 0.5) is 26.2 Å². The number of halogens is 3. The SMILES string of the molecule is Nc1ccc(NC(=O)Nc2cc(Cl)ccc2Cl)c(F)c1. The molecule has 2 rings (SSSR count). The number of nitrogens with two attached hydrogens (primary N) is 1. The Morgan fingerprint density at radius 3 is 2.45 bits per heavy atom. The smallest absolute Gasteiger partial charge is 0.323 e. The van der Waals surface area contributed by atoms with Gasteiger partial charge in [0.15, 0.2) is 0 Å². The molecule has 0 aliphatic rings. The number of anilines is 3. The highest BCUT2D eigenvalue weighted by molar-refractivity contribution is 6.35. The summed E-state index contributed by atoms with van der Waals surface area (Å²) in [5.74, 6) is -0.627. The van der Waals surface area contributed by atoms with Crippen LogP contribution in [-0.4, -0.2) is 6.03 Å². The molecule has 0 bridgehead atoms. The maximum absolute atomic E-state index is 13.5. The zero-order valence-corrected chi connectivity index (χ0v) is 11.6. The molecule has 0 unspecified atom stereocenters. The van der Waals surface area contributed by atoms with E-state index >= 15 is 0 Å². The molecule has 0 radical (unpaired) electrons. The van der Waals surface area contributed by atoms with Crippen molar-refractivity contribution in [2.24, 2.45) is 0 Å². The van der Waals surface area contributed by atoms with Gasteiger partial charge in [0.1, 0.15) is 5.82 Å². The van der Waals surface area contributed by atoms with Gasteiger partial charge < -0.3 is 16.4 Å². The van der Waals surface area contributed by atoms with E-state index in [9.17, 15) is 9.18 Å². The molecular formula is C13H10Cl2FN3O. The number of hydrogen-bond donors (Lipinski definition) is 3. The van der Waals surface area contributed by atoms with Gasteiger partial charge in [-0.2, -0.15) is 0 Å². The van der Waals surface area contributed by atoms with Crippen LogP contribution in [-0.2, 0) is 0 Å². The third kappa shape index (κ3) is 3.53. The number of rotatable bonds is 2. The van der Waals surface area contributed by atoms with Crippen molar-refractivity contribution in [2.75, 3.05) is 16.4 Å². The number of amides is 2. The number of carbonyl (C=O) groups excluding carboxylic acids is 1. The molecule has 0 aromatic heterocycles. The maximum Gasteiger partial charge on any atom is 0.323 e. The van der Waals surface area contributed by atoms with Gasteiger partial charge in [-0.3, -0.25) is 0 Å². The molecule has 2 aromatic carbocycles. The molecule has 0 saturated heterocycles. The van der Waals surface area contributed by atoms with Crippen molar-refractivity contribution in [3.63, 3.8) is 0 Å². The van der Waals surface area contributed by atoms with Gasteiger partial charge in [0.25, 0.3) is 0 Å². The molecule has 0 aliphatic carbocycles. The Balaban J connectivity index is 2.11. The number of urea groups is 1. The molecule has 0 saturated carbocycles. The molecule has 104 valence electrons. The largest absolute Gasteiger partial charge is 0.399 e. The molecule has 2 amide bonds. The third-order valence-electron chi connectivity index (χ3n) is 2.42. The minimum Gasteiger partial charge on any atom is -0.399 e. The lowest BCUT2D eigenvalue weighted by Gasteiger charge is -2.10. The van der Waals surface area contributed by atoms with Gasteiger partial charge >= 0.3 is 6.03 Å². The van der Waals surface area contributed by atoms with Crippen molar-refractivity contribution in [1.29, 1.82) is 0 Å². The Hall–Kier alpha value is -1.98. The van der Waals surface area contributed by atoms with Crippen LogP contribution in [0.3, 0.4) is 0 Å². The fraction of sp³-hybridized carbons (Fsp3) is 0. The minimum absolute atomic E-state index is 0.00912. The Morgan fingerprint density at radius 1 is 1.05 bits per heavy atom. The van der Waals surface area contributed by atoms with Crippen LogP contribution in [0.2, 0.25) is 10.0 Å². The molecule has 20 heavy (non-hydrogen) atoms. The predicted molar refractivity (Wildman–Crippen MR) is 79.9 cm³/mol. The highest BCUT2D eigenvalue weighted by Crippen LogP contribution is 2.25. The average molecular weight is 314 g/mol. The summed E-state index contributed by atoms with van der Waals surface area (Å²) in [5.41, 5.74) is 6.02. The number of benzene rings is 2. The Labute approximate surface area is 124 Å². The lowest BCUT2D eigenvalue weighted by atomic mass is 10.2. The van der Waals surface area contributed by atoms with Gasteiger partial charge in [0, 0.05) is 10.7 Å². The van der Waals surface area contributed by atoms with Crippen molar-refractivity contribution in [2.45, 2.75) is 0 Å². The number of nitrogens with one attached hydrogen (secondary N) is 2. The van der Waals surface area contributed by atoms with E-state index in [1.165, 1.54) is 18.2 Å². The van der Waals surface area contributed by atoms with Crippen LogP contribution in [0, 0.1) is 5.82 Å². The second kappa shape index (κ2) is 5.98. The van der Waals surface area contributed by atoms with Crippen molar-refractivity contribution >= 4 is 46.3 Å². The van der Waals surface area contributed by atoms with Crippen molar-refractivity contribution in [3.8, 4) is 0 Å². The number of nitrogen functional groups attached to an aromatic ring is 1. The summed E-state index contributed by atoms with van der Waals surface area (Å²) in [5, 5.41) is 5.57. The van der Waals surface area contributed by atoms with E-state index in [2.05, 4.69) is 10.6 Å². The first-order chi connectivity index (χ1) is 9.45. The van der Waals surface area contributed by atoms with Crippen LogP contribution in [0.25, 0.3) is 0 Å². The quantitative estimate of drug-likeness (QED) is 0.721. The van der Waals surface area contributed by atoms with Crippen LogP contribution in [0.5, 0.6) is 0 Å². The van der Waals surface area contributed by atoms with Crippen molar-refractivity contribution < 1.29 is 9.18 Å². The summed E-state index contributed by atoms with van der Waals surface area (Å²) in [4.78, 5) is 11.8. The summed E-state index contributed by atoms with van der Waals surface area (Å²) in [6.07, 6.45) is 0. The Morgan fingerprint density at radius 2 is 1.75 bits per heavy atom. The lowest BCUT2D eigenvalue weighted by Crippen LogP contribution is -2.20. The molecule has 4 nitrogen and oxygen atoms in total. The first-order valence-corrected chi connectivity index (χ1v) is 6.29. The molecule has 7 heteroatoms. The molecule has 0 aliphatic heterocycles. The Kier molecular flexibility index (Phi) is 4.32. The third-order valence-corrected chi connectivity index (χ3v) is 2.98. The molecule has 0 atom stereocenters. The minimum atomic E-state index is -0.641. The first kappa shape index (κ1) is 14.4. The van der Waals surface area contributed by atoms with E-state index in [0.717, 1.165) is 6.07 Å². The fourth-order valence-corrected chi connectivity index (χ4v) is 1.84. The second-order valence-corrected chi connectivity index (χ2v) is 4.79. The highest BCUT2D eigenvalue weighted by Gasteiger charge is 2.09. The van der Waals surface area contributed by atoms with E-state index in [-0.39, 0.29) is 11.4 Å². The summed E-state index contributed by atoms with van der Waals surface area (Å²) in [6.45, 7) is 0. The summed E-state index contributed by atoms with van der Waals surface area (Å²) >= 11 is 11.7. The predicted octanol–water partition coefficient (Wildman–Crippen LogP) is 4.36. The molecule has 4 N–H and O–H groups in total. The van der Waals surface area contributed by atoms with E-state index < -0.39 is 11.8 Å². The Bertz CT molecular complexity index is 664. The average Bonchev–Trinajstić information content (AvgIpc) is 2.37. The molecule has 0 fully saturated rings. The zero-order chi connectivity index (χ0) is 14.7. The molecule has 2 aromatic rings. The molecule has 0 spiro atoms. The first-order valence-electron chi connectivity index (χ1n) is 5.54. The van der Waals surface area contributed by atoms with Gasteiger partial charge in [0.05, 0.1) is 16.4 Å². The molecule has 0 heterocycles. The van der Waals surface area contributed by atoms with E-state index in [4.69, 9.17) is 28.9 Å². The topological polar surface area (TPSA) is 67.1 Å². The number of hydrogen-bond acceptors (Lipinski definition) is 2. The maximum atomic E-state index is 13.5. The standard InChI is InChI=1S/C13H10Cl2FN3O/c14-7-1-3-9(15)12(5-7)19-13(20)18-11-4-2-8(17)6-10(11)16/h1-6H,17H2,(H2,18,19,20). The van der Waals surface area contributed by atoms with Crippen LogP contribution < -0.4 is 16.4 Å². The van der Waals surface area contributed by atoms with Crippen LogP contribution >= 0.6 is 23.2 Å². The van der Waals surface area contributed by atoms with Gasteiger partial charge in [-0.25, -0.2) is 9.18 Å². The number of carbonyl (C=O) groups is 1. The van der Waals surface area contributed by atoms with E-state index in [1.54, 1.807) is 12.1 Å². The zero-order valence-electron chi connectivity index (χ0n) is 10.1. The summed E-state index contributed by atoms with van der Waals surface area (Å²) in [7, 11) is 0. The lowest BCUT2D eigenvalue weighted by molar-refractivity contribution is 0.262. The van der Waals surface area contributed by atoms with Gasteiger partial charge in [-0.15, -0.1) is 0 Å². The van der Waals surface area contributed by atoms with Crippen molar-refractivity contribution in [1.82, 2.24) is 0 Å². The van der Waals surface area contributed by atoms with Gasteiger partial charge in [-0.1, -0.05) is 23.2 Å². The van der Waals surface area contributed by atoms with E-state index in [0.29, 0.717) is 15.7 Å². The van der Waals surface area contributed by atoms with E-state index in [1.807, 2.05) is 0 Å². The van der Waals surface area contributed by atoms with Crippen LogP contribution in [0.15, 0.2) is 36.4 Å². The monoisotopic (exact) mass is 313 g/mol. The van der Waals surface area contributed by atoms with Gasteiger partial charge in [-0.05, 0) is 36.4 Å². The second-order valence-electron chi connectivity index (χ2n) is 3.94. The summed E-state index contributed by atoms with van der Waals surface area (Å²) < 4.78 is 13.5. The van der Waals surface area contributed by atoms with Gasteiger partial charge in [0.2, 0.25) is 0 Å². The summed E-state index contributed by atoms with van der Waals surface area (Å²) in [6, 6.07) is 7.94. The van der Waals surface area contributed by atoms with Crippen molar-refractivity contribution in [3.05, 3.63) is 52.3 Å². The van der Waals surface area contributed by atoms with Crippen LogP contribution in [0.1, 0.15) is 0 Å². The molecular weight excluding hydrogens is 304 g/mol.